The zero-order valence-corrected chi connectivity index (χ0v) is 16.5. The molecule has 3 aliphatic rings. The minimum atomic E-state index is 0.272. The minimum absolute atomic E-state index is 0.272. The van der Waals surface area contributed by atoms with Gasteiger partial charge in [0.25, 0.3) is 0 Å². The molecule has 5 unspecified atom stereocenters. The molecular formula is C21H29N5O2. The Labute approximate surface area is 166 Å². The molecule has 28 heavy (non-hydrogen) atoms. The average Bonchev–Trinajstić information content (AvgIpc) is 3.19. The summed E-state index contributed by atoms with van der Waals surface area (Å²) in [7, 11) is 0. The van der Waals surface area contributed by atoms with E-state index in [0.717, 1.165) is 56.8 Å². The molecule has 0 spiro atoms. The third kappa shape index (κ3) is 3.92. The number of nitrogens with zero attached hydrogens (tertiary/aromatic N) is 4. The SMILES string of the molecule is CC1CN1Cc1ccc(OCC2CCC3C(c4ccon4)NCCN3C2)nc1. The van der Waals surface area contributed by atoms with Gasteiger partial charge in [0.05, 0.1) is 12.6 Å². The van der Waals surface area contributed by atoms with Crippen LogP contribution in [0.4, 0.5) is 0 Å². The summed E-state index contributed by atoms with van der Waals surface area (Å²) >= 11 is 0. The van der Waals surface area contributed by atoms with Gasteiger partial charge >= 0.3 is 0 Å². The Morgan fingerprint density at radius 1 is 1.25 bits per heavy atom. The zero-order valence-electron chi connectivity index (χ0n) is 16.5. The summed E-state index contributed by atoms with van der Waals surface area (Å²) in [6, 6.07) is 7.62. The van der Waals surface area contributed by atoms with Gasteiger partial charge in [-0.15, -0.1) is 0 Å². The molecule has 5 rings (SSSR count). The largest absolute Gasteiger partial charge is 0.477 e. The molecule has 3 saturated heterocycles. The number of piperazine rings is 1. The molecular weight excluding hydrogens is 354 g/mol. The molecule has 0 radical (unpaired) electrons. The van der Waals surface area contributed by atoms with Gasteiger partial charge in [-0.25, -0.2) is 4.98 Å². The predicted molar refractivity (Wildman–Crippen MR) is 105 cm³/mol. The van der Waals surface area contributed by atoms with Crippen LogP contribution in [0.1, 0.15) is 37.1 Å². The Morgan fingerprint density at radius 2 is 2.18 bits per heavy atom. The Morgan fingerprint density at radius 3 is 2.93 bits per heavy atom. The van der Waals surface area contributed by atoms with Gasteiger partial charge in [0.15, 0.2) is 0 Å². The van der Waals surface area contributed by atoms with Crippen LogP contribution in [0.25, 0.3) is 0 Å². The topological polar surface area (TPSA) is 66.4 Å². The molecule has 0 aromatic carbocycles. The van der Waals surface area contributed by atoms with Gasteiger partial charge in [0.2, 0.25) is 5.88 Å². The van der Waals surface area contributed by atoms with E-state index < -0.39 is 0 Å². The summed E-state index contributed by atoms with van der Waals surface area (Å²) in [4.78, 5) is 9.52. The van der Waals surface area contributed by atoms with Crippen molar-refractivity contribution in [3.63, 3.8) is 0 Å². The number of ether oxygens (including phenoxy) is 1. The van der Waals surface area contributed by atoms with Crippen LogP contribution >= 0.6 is 0 Å². The highest BCUT2D eigenvalue weighted by Gasteiger charge is 2.38. The van der Waals surface area contributed by atoms with Gasteiger partial charge < -0.3 is 14.6 Å². The second kappa shape index (κ2) is 7.81. The van der Waals surface area contributed by atoms with E-state index in [4.69, 9.17) is 9.26 Å². The summed E-state index contributed by atoms with van der Waals surface area (Å²) in [5.74, 6) is 1.29. The molecule has 7 nitrogen and oxygen atoms in total. The molecule has 0 bridgehead atoms. The van der Waals surface area contributed by atoms with Crippen LogP contribution in [0.5, 0.6) is 5.88 Å². The van der Waals surface area contributed by atoms with Gasteiger partial charge in [0, 0.05) is 69.1 Å². The Bertz CT molecular complexity index is 766. The standard InChI is InChI=1S/C21H29N5O2/c1-15-11-26(15)12-16-3-5-20(23-10-16)27-14-17-2-4-19-21(18-6-9-28-24-18)22-7-8-25(19)13-17/h3,5-6,9-10,15,17,19,21-22H,2,4,7-8,11-14H2,1H3. The molecule has 2 aromatic heterocycles. The van der Waals surface area contributed by atoms with Crippen molar-refractivity contribution in [1.82, 2.24) is 25.3 Å². The first-order chi connectivity index (χ1) is 13.8. The van der Waals surface area contributed by atoms with E-state index in [2.05, 4.69) is 38.2 Å². The van der Waals surface area contributed by atoms with Gasteiger partial charge in [0.1, 0.15) is 12.0 Å². The van der Waals surface area contributed by atoms with E-state index in [9.17, 15) is 0 Å². The molecule has 150 valence electrons. The van der Waals surface area contributed by atoms with Crippen LogP contribution in [0.15, 0.2) is 35.2 Å². The monoisotopic (exact) mass is 383 g/mol. The van der Waals surface area contributed by atoms with E-state index in [1.165, 1.54) is 18.5 Å². The molecule has 5 heterocycles. The van der Waals surface area contributed by atoms with Crippen LogP contribution in [0.3, 0.4) is 0 Å². The van der Waals surface area contributed by atoms with Crippen LogP contribution in [0, 0.1) is 5.92 Å². The van der Waals surface area contributed by atoms with E-state index in [-0.39, 0.29) is 6.04 Å². The molecule has 3 fully saturated rings. The molecule has 0 saturated carbocycles. The molecule has 0 amide bonds. The van der Waals surface area contributed by atoms with Crippen molar-refractivity contribution in [3.05, 3.63) is 41.9 Å². The van der Waals surface area contributed by atoms with Crippen molar-refractivity contribution in [2.75, 3.05) is 32.8 Å². The lowest BCUT2D eigenvalue weighted by Gasteiger charge is -2.46. The number of hydrogen-bond acceptors (Lipinski definition) is 7. The number of rotatable bonds is 6. The highest BCUT2D eigenvalue weighted by molar-refractivity contribution is 5.18. The minimum Gasteiger partial charge on any atom is -0.477 e. The summed E-state index contributed by atoms with van der Waals surface area (Å²) in [5.41, 5.74) is 2.28. The maximum Gasteiger partial charge on any atom is 0.213 e. The molecule has 2 aromatic rings. The lowest BCUT2D eigenvalue weighted by Crippen LogP contribution is -2.57. The number of hydrogen-bond donors (Lipinski definition) is 1. The smallest absolute Gasteiger partial charge is 0.213 e. The van der Waals surface area contributed by atoms with Gasteiger partial charge in [-0.3, -0.25) is 9.80 Å². The van der Waals surface area contributed by atoms with E-state index in [1.807, 2.05) is 18.3 Å². The normalized spacial score (nSPS) is 32.7. The third-order valence-electron chi connectivity index (χ3n) is 6.40. The van der Waals surface area contributed by atoms with Crippen molar-refractivity contribution >= 4 is 0 Å². The lowest BCUT2D eigenvalue weighted by atomic mass is 9.87. The maximum absolute atomic E-state index is 6.03. The van der Waals surface area contributed by atoms with Crippen molar-refractivity contribution in [2.45, 2.75) is 44.4 Å². The molecule has 7 heteroatoms. The van der Waals surface area contributed by atoms with Gasteiger partial charge in [-0.1, -0.05) is 11.2 Å². The van der Waals surface area contributed by atoms with Crippen LogP contribution in [0.2, 0.25) is 0 Å². The molecule has 0 aliphatic carbocycles. The molecule has 1 N–H and O–H groups in total. The quantitative estimate of drug-likeness (QED) is 0.766. The number of pyridine rings is 1. The first-order valence-corrected chi connectivity index (χ1v) is 10.5. The fourth-order valence-corrected chi connectivity index (χ4v) is 4.64. The Kier molecular flexibility index (Phi) is 5.05. The summed E-state index contributed by atoms with van der Waals surface area (Å²) in [6.45, 7) is 8.33. The third-order valence-corrected chi connectivity index (χ3v) is 6.40. The first-order valence-electron chi connectivity index (χ1n) is 10.5. The second-order valence-electron chi connectivity index (χ2n) is 8.46. The Hall–Kier alpha value is -1.96. The molecule has 3 aliphatic heterocycles. The average molecular weight is 383 g/mol. The summed E-state index contributed by atoms with van der Waals surface area (Å²) in [5, 5.41) is 7.77. The zero-order chi connectivity index (χ0) is 18.9. The maximum atomic E-state index is 6.03. The van der Waals surface area contributed by atoms with Crippen molar-refractivity contribution in [2.24, 2.45) is 5.92 Å². The van der Waals surface area contributed by atoms with Gasteiger partial charge in [-0.2, -0.15) is 0 Å². The van der Waals surface area contributed by atoms with Gasteiger partial charge in [-0.05, 0) is 25.3 Å². The highest BCUT2D eigenvalue weighted by Crippen LogP contribution is 2.32. The second-order valence-corrected chi connectivity index (χ2v) is 8.46. The number of piperidine rings is 1. The van der Waals surface area contributed by atoms with E-state index in [0.29, 0.717) is 12.0 Å². The van der Waals surface area contributed by atoms with Crippen molar-refractivity contribution in [1.29, 1.82) is 0 Å². The number of nitrogens with one attached hydrogen (secondary N) is 1. The van der Waals surface area contributed by atoms with Crippen molar-refractivity contribution in [3.8, 4) is 5.88 Å². The van der Waals surface area contributed by atoms with Crippen LogP contribution in [-0.2, 0) is 6.54 Å². The van der Waals surface area contributed by atoms with E-state index >= 15 is 0 Å². The van der Waals surface area contributed by atoms with E-state index in [1.54, 1.807) is 6.26 Å². The summed E-state index contributed by atoms with van der Waals surface area (Å²) in [6.07, 6.45) is 5.94. The highest BCUT2D eigenvalue weighted by atomic mass is 16.5. The lowest BCUT2D eigenvalue weighted by molar-refractivity contribution is 0.0368. The predicted octanol–water partition coefficient (Wildman–Crippen LogP) is 2.08. The fourth-order valence-electron chi connectivity index (χ4n) is 4.64. The Balaban J connectivity index is 1.13. The van der Waals surface area contributed by atoms with Crippen LogP contribution < -0.4 is 10.1 Å². The van der Waals surface area contributed by atoms with Crippen LogP contribution in [-0.4, -0.2) is 64.8 Å². The van der Waals surface area contributed by atoms with Crippen molar-refractivity contribution < 1.29 is 9.26 Å². The molecule has 5 atom stereocenters. The number of fused-ring (bicyclic) bond motifs is 1. The first kappa shape index (κ1) is 18.1. The number of aromatic nitrogens is 2. The summed E-state index contributed by atoms with van der Waals surface area (Å²) < 4.78 is 11.1. The fraction of sp³-hybridized carbons (Fsp3) is 0.619.